The Morgan fingerprint density at radius 2 is 2.29 bits per heavy atom. The number of rotatable bonds is 3. The van der Waals surface area contributed by atoms with Crippen LogP contribution < -0.4 is 5.32 Å². The molecule has 1 saturated carbocycles. The lowest BCUT2D eigenvalue weighted by Crippen LogP contribution is -2.10. The number of carboxylic acid groups (broad SMARTS) is 1. The molecule has 5 heteroatoms. The van der Waals surface area contributed by atoms with Gasteiger partial charge in [0.05, 0.1) is 5.69 Å². The average Bonchev–Trinajstić information content (AvgIpc) is 2.80. The van der Waals surface area contributed by atoms with E-state index in [1.54, 1.807) is 18.7 Å². The van der Waals surface area contributed by atoms with Gasteiger partial charge in [0.15, 0.2) is 0 Å². The number of aromatic carboxylic acids is 1. The van der Waals surface area contributed by atoms with Crippen LogP contribution >= 0.6 is 0 Å². The minimum absolute atomic E-state index is 0.291. The van der Waals surface area contributed by atoms with E-state index < -0.39 is 5.97 Å². The molecule has 0 unspecified atom stereocenters. The second kappa shape index (κ2) is 3.01. The summed E-state index contributed by atoms with van der Waals surface area (Å²) in [6.45, 7) is 1.71. The van der Waals surface area contributed by atoms with Crippen LogP contribution in [-0.2, 0) is 7.05 Å². The van der Waals surface area contributed by atoms with Crippen LogP contribution in [0, 0.1) is 6.92 Å². The molecule has 5 nitrogen and oxygen atoms in total. The second-order valence-corrected chi connectivity index (χ2v) is 3.66. The zero-order chi connectivity index (χ0) is 10.3. The summed E-state index contributed by atoms with van der Waals surface area (Å²) in [5.74, 6) is -0.295. The molecule has 14 heavy (non-hydrogen) atoms. The minimum atomic E-state index is -0.918. The summed E-state index contributed by atoms with van der Waals surface area (Å²) in [4.78, 5) is 11.0. The molecule has 1 fully saturated rings. The van der Waals surface area contributed by atoms with Crippen LogP contribution in [0.5, 0.6) is 0 Å². The smallest absolute Gasteiger partial charge is 0.341 e. The van der Waals surface area contributed by atoms with Crippen LogP contribution in [0.25, 0.3) is 0 Å². The molecule has 0 radical (unpaired) electrons. The van der Waals surface area contributed by atoms with E-state index in [9.17, 15) is 4.79 Å². The van der Waals surface area contributed by atoms with Gasteiger partial charge in [-0.3, -0.25) is 4.68 Å². The highest BCUT2D eigenvalue weighted by atomic mass is 16.4. The van der Waals surface area contributed by atoms with E-state index in [0.29, 0.717) is 23.1 Å². The van der Waals surface area contributed by atoms with Crippen LogP contribution in [0.2, 0.25) is 0 Å². The van der Waals surface area contributed by atoms with Gasteiger partial charge in [-0.15, -0.1) is 0 Å². The van der Waals surface area contributed by atoms with Crippen LogP contribution in [-0.4, -0.2) is 26.9 Å². The van der Waals surface area contributed by atoms with Gasteiger partial charge in [-0.2, -0.15) is 5.10 Å². The van der Waals surface area contributed by atoms with Crippen molar-refractivity contribution < 1.29 is 9.90 Å². The van der Waals surface area contributed by atoms with Gasteiger partial charge in [0.25, 0.3) is 0 Å². The first-order valence-corrected chi connectivity index (χ1v) is 4.63. The number of anilines is 1. The third-order valence-corrected chi connectivity index (χ3v) is 2.35. The Balaban J connectivity index is 2.38. The Morgan fingerprint density at radius 3 is 2.79 bits per heavy atom. The van der Waals surface area contributed by atoms with Crippen LogP contribution in [0.1, 0.15) is 28.9 Å². The van der Waals surface area contributed by atoms with E-state index in [1.165, 1.54) is 0 Å². The summed E-state index contributed by atoms with van der Waals surface area (Å²) in [6, 6.07) is 0.433. The maximum Gasteiger partial charge on any atom is 0.341 e. The molecule has 0 aliphatic heterocycles. The van der Waals surface area contributed by atoms with Gasteiger partial charge >= 0.3 is 5.97 Å². The van der Waals surface area contributed by atoms with Gasteiger partial charge in [0.2, 0.25) is 0 Å². The number of aromatic nitrogens is 2. The number of aryl methyl sites for hydroxylation is 2. The van der Waals surface area contributed by atoms with Gasteiger partial charge in [-0.05, 0) is 19.8 Å². The molecule has 0 spiro atoms. The lowest BCUT2D eigenvalue weighted by atomic mass is 10.2. The van der Waals surface area contributed by atoms with Gasteiger partial charge in [0.1, 0.15) is 11.4 Å². The summed E-state index contributed by atoms with van der Waals surface area (Å²) in [6.07, 6.45) is 2.23. The van der Waals surface area contributed by atoms with Crippen molar-refractivity contribution in [3.63, 3.8) is 0 Å². The molecular weight excluding hydrogens is 182 g/mol. The number of nitrogens with zero attached hydrogens (tertiary/aromatic N) is 2. The first kappa shape index (κ1) is 9.05. The van der Waals surface area contributed by atoms with Crippen molar-refractivity contribution in [1.82, 2.24) is 9.78 Å². The fourth-order valence-electron chi connectivity index (χ4n) is 1.50. The Bertz CT molecular complexity index is 380. The maximum absolute atomic E-state index is 11.0. The molecule has 2 rings (SSSR count). The number of nitrogens with one attached hydrogen (secondary N) is 1. The molecule has 76 valence electrons. The molecule has 1 aliphatic carbocycles. The highest BCUT2D eigenvalue weighted by Gasteiger charge is 2.26. The van der Waals surface area contributed by atoms with E-state index >= 15 is 0 Å². The quantitative estimate of drug-likeness (QED) is 0.755. The molecule has 1 aliphatic rings. The van der Waals surface area contributed by atoms with E-state index in [-0.39, 0.29) is 0 Å². The lowest BCUT2D eigenvalue weighted by Gasteiger charge is -2.05. The predicted molar refractivity (Wildman–Crippen MR) is 51.5 cm³/mol. The largest absolute Gasteiger partial charge is 0.477 e. The van der Waals surface area contributed by atoms with Crippen molar-refractivity contribution in [2.75, 3.05) is 5.32 Å². The average molecular weight is 195 g/mol. The highest BCUT2D eigenvalue weighted by molar-refractivity contribution is 5.94. The summed E-state index contributed by atoms with van der Waals surface area (Å²) in [7, 11) is 1.75. The van der Waals surface area contributed by atoms with Gasteiger partial charge in [-0.1, -0.05) is 0 Å². The van der Waals surface area contributed by atoms with Gasteiger partial charge in [0, 0.05) is 13.1 Å². The maximum atomic E-state index is 11.0. The van der Waals surface area contributed by atoms with Gasteiger partial charge < -0.3 is 10.4 Å². The zero-order valence-corrected chi connectivity index (χ0v) is 8.24. The number of hydrogen-bond donors (Lipinski definition) is 2. The van der Waals surface area contributed by atoms with Crippen molar-refractivity contribution in [2.45, 2.75) is 25.8 Å². The molecule has 0 saturated heterocycles. The molecule has 1 aromatic heterocycles. The Kier molecular flexibility index (Phi) is 1.94. The Labute approximate surface area is 81.7 Å². The summed E-state index contributed by atoms with van der Waals surface area (Å²) >= 11 is 0. The summed E-state index contributed by atoms with van der Waals surface area (Å²) in [5, 5.41) is 16.3. The zero-order valence-electron chi connectivity index (χ0n) is 8.24. The number of carboxylic acids is 1. The van der Waals surface area contributed by atoms with Crippen molar-refractivity contribution in [3.8, 4) is 0 Å². The first-order chi connectivity index (χ1) is 6.59. The SMILES string of the molecule is Cc1nn(C)c(NC2CC2)c1C(=O)O. The Morgan fingerprint density at radius 1 is 1.64 bits per heavy atom. The van der Waals surface area contributed by atoms with E-state index in [0.717, 1.165) is 12.8 Å². The van der Waals surface area contributed by atoms with Gasteiger partial charge in [-0.25, -0.2) is 4.79 Å². The van der Waals surface area contributed by atoms with Crippen molar-refractivity contribution >= 4 is 11.8 Å². The molecule has 0 atom stereocenters. The van der Waals surface area contributed by atoms with Crippen LogP contribution in [0.3, 0.4) is 0 Å². The van der Waals surface area contributed by atoms with Crippen LogP contribution in [0.15, 0.2) is 0 Å². The monoisotopic (exact) mass is 195 g/mol. The summed E-state index contributed by atoms with van der Waals surface area (Å²) < 4.78 is 1.59. The second-order valence-electron chi connectivity index (χ2n) is 3.66. The van der Waals surface area contributed by atoms with Crippen molar-refractivity contribution in [2.24, 2.45) is 7.05 Å². The molecule has 2 N–H and O–H groups in total. The summed E-state index contributed by atoms with van der Waals surface area (Å²) in [5.41, 5.74) is 0.850. The lowest BCUT2D eigenvalue weighted by molar-refractivity contribution is 0.0697. The molecule has 1 aromatic rings. The molecule has 0 amide bonds. The van der Waals surface area contributed by atoms with E-state index in [2.05, 4.69) is 10.4 Å². The minimum Gasteiger partial charge on any atom is -0.477 e. The third kappa shape index (κ3) is 1.45. The topological polar surface area (TPSA) is 67.2 Å². The fourth-order valence-corrected chi connectivity index (χ4v) is 1.50. The number of carbonyl (C=O) groups is 1. The van der Waals surface area contributed by atoms with E-state index in [1.807, 2.05) is 0 Å². The molecule has 0 bridgehead atoms. The standard InChI is InChI=1S/C9H13N3O2/c1-5-7(9(13)14)8(12(2)11-5)10-6-3-4-6/h6,10H,3-4H2,1-2H3,(H,13,14). The van der Waals surface area contributed by atoms with E-state index in [4.69, 9.17) is 5.11 Å². The number of hydrogen-bond acceptors (Lipinski definition) is 3. The van der Waals surface area contributed by atoms with Crippen molar-refractivity contribution in [1.29, 1.82) is 0 Å². The predicted octanol–water partition coefficient (Wildman–Crippen LogP) is 1.00. The molecule has 1 heterocycles. The molecular formula is C9H13N3O2. The Hall–Kier alpha value is -1.52. The fraction of sp³-hybridized carbons (Fsp3) is 0.556. The first-order valence-electron chi connectivity index (χ1n) is 4.63. The molecule has 0 aromatic carbocycles. The third-order valence-electron chi connectivity index (χ3n) is 2.35. The highest BCUT2D eigenvalue weighted by Crippen LogP contribution is 2.27. The normalized spacial score (nSPS) is 15.6. The van der Waals surface area contributed by atoms with Crippen molar-refractivity contribution in [3.05, 3.63) is 11.3 Å². The van der Waals surface area contributed by atoms with Crippen LogP contribution in [0.4, 0.5) is 5.82 Å².